The molecule has 1 saturated heterocycles. The van der Waals surface area contributed by atoms with Crippen LogP contribution in [0, 0.1) is 17.8 Å². The van der Waals surface area contributed by atoms with Gasteiger partial charge in [-0.15, -0.1) is 0 Å². The van der Waals surface area contributed by atoms with Crippen molar-refractivity contribution >= 4 is 25.2 Å². The molecule has 0 radical (unpaired) electrons. The van der Waals surface area contributed by atoms with Crippen LogP contribution in [-0.2, 0) is 34.6 Å². The van der Waals surface area contributed by atoms with Crippen molar-refractivity contribution in [1.82, 2.24) is 4.90 Å². The average molecular weight is 586 g/mol. The summed E-state index contributed by atoms with van der Waals surface area (Å²) >= 11 is 0. The number of benzene rings is 1. The summed E-state index contributed by atoms with van der Waals surface area (Å²) in [7, 11) is -3.62. The van der Waals surface area contributed by atoms with E-state index in [0.29, 0.717) is 25.3 Å². The Morgan fingerprint density at radius 1 is 1.05 bits per heavy atom. The largest absolute Gasteiger partial charge is 1.00 e. The van der Waals surface area contributed by atoms with Crippen molar-refractivity contribution in [1.29, 1.82) is 0 Å². The van der Waals surface area contributed by atoms with Crippen molar-refractivity contribution in [2.45, 2.75) is 97.3 Å². The Bertz CT molecular complexity index is 999. The summed E-state index contributed by atoms with van der Waals surface area (Å²) in [6.07, 6.45) is 6.88. The molecule has 1 heterocycles. The number of nitrogens with zero attached hydrogens (tertiary/aromatic N) is 1. The summed E-state index contributed by atoms with van der Waals surface area (Å²) in [4.78, 5) is 39.0. The van der Waals surface area contributed by atoms with Gasteiger partial charge in [0.2, 0.25) is 19.6 Å². The number of aryl methyl sites for hydroxylation is 1. The van der Waals surface area contributed by atoms with Crippen molar-refractivity contribution in [3.63, 3.8) is 0 Å². The molecule has 3 unspecified atom stereocenters. The Morgan fingerprint density at radius 3 is 2.33 bits per heavy atom. The minimum atomic E-state index is -3.62. The van der Waals surface area contributed by atoms with Crippen LogP contribution in [0.5, 0.6) is 0 Å². The van der Waals surface area contributed by atoms with Gasteiger partial charge in [-0.25, -0.2) is 0 Å². The second-order valence-corrected chi connectivity index (χ2v) is 14.1. The van der Waals surface area contributed by atoms with E-state index in [1.165, 1.54) is 16.9 Å². The van der Waals surface area contributed by atoms with E-state index in [1.54, 1.807) is 20.8 Å². The first-order valence-electron chi connectivity index (χ1n) is 14.6. The first-order chi connectivity index (χ1) is 18.6. The van der Waals surface area contributed by atoms with Crippen LogP contribution in [0.15, 0.2) is 30.3 Å². The van der Waals surface area contributed by atoms with Crippen LogP contribution in [-0.4, -0.2) is 53.9 Å². The van der Waals surface area contributed by atoms with E-state index >= 15 is 0 Å². The molecule has 3 rings (SSSR count). The fourth-order valence-corrected chi connectivity index (χ4v) is 8.09. The fraction of sp³-hybridized carbons (Fsp3) is 0.700. The predicted octanol–water partition coefficient (Wildman–Crippen LogP) is 1.79. The van der Waals surface area contributed by atoms with E-state index in [9.17, 15) is 24.1 Å². The zero-order valence-corrected chi connectivity index (χ0v) is 27.6. The number of carbonyl (C=O) groups is 3. The molecule has 1 aliphatic heterocycles. The molecule has 0 aromatic heterocycles. The van der Waals surface area contributed by atoms with Gasteiger partial charge in [0.05, 0.1) is 12.0 Å². The maximum atomic E-state index is 14.2. The molecule has 1 aliphatic carbocycles. The summed E-state index contributed by atoms with van der Waals surface area (Å²) in [5.74, 6) is -1.99. The molecule has 8 nitrogen and oxygen atoms in total. The number of carboxylic acid groups (broad SMARTS) is 1. The summed E-state index contributed by atoms with van der Waals surface area (Å²) in [6, 6.07) is 8.96. The van der Waals surface area contributed by atoms with Crippen LogP contribution in [0.2, 0.25) is 0 Å². The van der Waals surface area contributed by atoms with Gasteiger partial charge in [-0.1, -0.05) is 83.2 Å². The topological polar surface area (TPSA) is 113 Å². The predicted molar refractivity (Wildman–Crippen MR) is 148 cm³/mol. The number of likely N-dealkylation sites (tertiary alicyclic amines) is 1. The first-order valence-corrected chi connectivity index (χ1v) is 16.6. The molecular weight excluding hydrogens is 540 g/mol. The van der Waals surface area contributed by atoms with Gasteiger partial charge < -0.3 is 19.5 Å². The molecule has 0 spiro atoms. The third kappa shape index (κ3) is 10.6. The normalized spacial score (nSPS) is 21.9. The van der Waals surface area contributed by atoms with Gasteiger partial charge in [-0.3, -0.25) is 18.7 Å². The first kappa shape index (κ1) is 35.0. The second-order valence-electron chi connectivity index (χ2n) is 11.5. The van der Waals surface area contributed by atoms with E-state index in [-0.39, 0.29) is 54.0 Å². The Morgan fingerprint density at radius 2 is 1.73 bits per heavy atom. The third-order valence-corrected chi connectivity index (χ3v) is 10.4. The molecule has 40 heavy (non-hydrogen) atoms. The summed E-state index contributed by atoms with van der Waals surface area (Å²) < 4.78 is 25.6. The minimum Gasteiger partial charge on any atom is -0.548 e. The number of aliphatic carboxylic acids is 1. The molecule has 218 valence electrons. The smallest absolute Gasteiger partial charge is 0.548 e. The Kier molecular flexibility index (Phi) is 14.9. The maximum absolute atomic E-state index is 14.2. The van der Waals surface area contributed by atoms with Gasteiger partial charge in [0.1, 0.15) is 6.16 Å². The van der Waals surface area contributed by atoms with Crippen molar-refractivity contribution < 1.29 is 62.9 Å². The van der Waals surface area contributed by atoms with E-state index in [0.717, 1.165) is 38.5 Å². The molecule has 1 amide bonds. The zero-order valence-electron chi connectivity index (χ0n) is 24.7. The number of hydrogen-bond acceptors (Lipinski definition) is 7. The van der Waals surface area contributed by atoms with Gasteiger partial charge in [0.15, 0.2) is 0 Å². The standard InChI is InChI=1S/C30H46NO7P.Na/c1-4-28(33)37-30(22(2)3)38-39(36,18-12-11-15-23-13-7-5-8-14-23)21-27(32)31-20-25(19-26(31)29(34)35)24-16-9-6-10-17-24;/h5,7-8,13-14,22,24-26,30H,4,6,9-12,15-21H2,1-3H3,(H,34,35);/q;+1/p-1/t25?,26?,30?,39-;/m0./s1. The molecule has 4 atom stereocenters. The fourth-order valence-electron chi connectivity index (χ4n) is 5.79. The number of esters is 1. The number of ether oxygens (including phenoxy) is 1. The second kappa shape index (κ2) is 17.1. The third-order valence-electron chi connectivity index (χ3n) is 8.05. The zero-order chi connectivity index (χ0) is 28.4. The number of carboxylic acids is 1. The summed E-state index contributed by atoms with van der Waals surface area (Å²) in [5, 5.41) is 12.0. The molecule has 2 aliphatic rings. The monoisotopic (exact) mass is 585 g/mol. The van der Waals surface area contributed by atoms with Crippen LogP contribution < -0.4 is 34.7 Å². The van der Waals surface area contributed by atoms with Crippen molar-refractivity contribution in [2.75, 3.05) is 18.9 Å². The molecule has 0 N–H and O–H groups in total. The van der Waals surface area contributed by atoms with Crippen molar-refractivity contribution in [2.24, 2.45) is 17.8 Å². The minimum absolute atomic E-state index is 0. The molecule has 1 aromatic rings. The van der Waals surface area contributed by atoms with E-state index in [1.807, 2.05) is 30.3 Å². The summed E-state index contributed by atoms with van der Waals surface area (Å²) in [6.45, 7) is 5.62. The van der Waals surface area contributed by atoms with Gasteiger partial charge in [-0.2, -0.15) is 0 Å². The van der Waals surface area contributed by atoms with Gasteiger partial charge in [0, 0.05) is 25.0 Å². The van der Waals surface area contributed by atoms with E-state index < -0.39 is 43.7 Å². The van der Waals surface area contributed by atoms with Crippen LogP contribution in [0.3, 0.4) is 0 Å². The maximum Gasteiger partial charge on any atom is 1.00 e. The average Bonchev–Trinajstić information content (AvgIpc) is 3.38. The number of amides is 1. The van der Waals surface area contributed by atoms with Crippen molar-refractivity contribution in [3.05, 3.63) is 35.9 Å². The van der Waals surface area contributed by atoms with Crippen LogP contribution >= 0.6 is 7.37 Å². The molecule has 10 heteroatoms. The number of hydrogen-bond donors (Lipinski definition) is 0. The Balaban J connectivity index is 0.00000560. The van der Waals surface area contributed by atoms with Crippen molar-refractivity contribution in [3.8, 4) is 0 Å². The van der Waals surface area contributed by atoms with Crippen LogP contribution in [0.4, 0.5) is 0 Å². The number of rotatable bonds is 14. The molecule has 1 saturated carbocycles. The van der Waals surface area contributed by atoms with Gasteiger partial charge >= 0.3 is 35.5 Å². The number of carbonyl (C=O) groups excluding carboxylic acids is 3. The molecule has 1 aromatic carbocycles. The van der Waals surface area contributed by atoms with Crippen LogP contribution in [0.25, 0.3) is 0 Å². The quantitative estimate of drug-likeness (QED) is 0.108. The van der Waals surface area contributed by atoms with Gasteiger partial charge in [-0.05, 0) is 43.1 Å². The van der Waals surface area contributed by atoms with E-state index in [2.05, 4.69) is 0 Å². The Hall–Kier alpha value is -1.18. The summed E-state index contributed by atoms with van der Waals surface area (Å²) in [5.41, 5.74) is 1.17. The Labute approximate surface area is 261 Å². The molecule has 0 bridgehead atoms. The molecule has 2 fully saturated rings. The van der Waals surface area contributed by atoms with Crippen LogP contribution in [0.1, 0.15) is 84.1 Å². The SMILES string of the molecule is CCC(=O)OC(O[P@@](=O)(CCCCc1ccccc1)CC(=O)N1CC(C2CCCCC2)CC1C(=O)[O-])C(C)C.[Na+]. The number of unbranched alkanes of at least 4 members (excludes halogenated alkanes) is 1. The van der Waals surface area contributed by atoms with Gasteiger partial charge in [0.25, 0.3) is 0 Å². The van der Waals surface area contributed by atoms with E-state index in [4.69, 9.17) is 9.26 Å². The molecular formula is C30H45NNaO7P.